The number of hydrogen-bond acceptors (Lipinski definition) is 4. The number of anilines is 1. The number of halogens is 2. The van der Waals surface area contributed by atoms with Crippen molar-refractivity contribution in [3.05, 3.63) is 28.2 Å². The number of nitrogens with one attached hydrogen (secondary N) is 3. The van der Waals surface area contributed by atoms with Crippen molar-refractivity contribution in [2.24, 2.45) is 0 Å². The Bertz CT molecular complexity index is 500. The minimum atomic E-state index is -0.263. The van der Waals surface area contributed by atoms with E-state index in [0.29, 0.717) is 13.2 Å². The summed E-state index contributed by atoms with van der Waals surface area (Å²) in [5.74, 6) is -0.492. The van der Waals surface area contributed by atoms with Gasteiger partial charge in [0.1, 0.15) is 0 Å². The van der Waals surface area contributed by atoms with Gasteiger partial charge in [0.05, 0.1) is 19.7 Å². The molecule has 0 saturated carbocycles. The molecule has 0 atom stereocenters. The molecule has 0 aliphatic rings. The first-order valence-electron chi connectivity index (χ1n) is 6.55. The SMILES string of the molecule is COCCNCC(=O)NCC(=O)Nc1cc(Br)ccc1C.Cl. The number of rotatable bonds is 8. The lowest BCUT2D eigenvalue weighted by Gasteiger charge is -2.10. The van der Waals surface area contributed by atoms with Gasteiger partial charge in [0.2, 0.25) is 11.8 Å². The van der Waals surface area contributed by atoms with E-state index >= 15 is 0 Å². The average Bonchev–Trinajstić information content (AvgIpc) is 2.45. The van der Waals surface area contributed by atoms with Gasteiger partial charge in [-0.25, -0.2) is 0 Å². The minimum Gasteiger partial charge on any atom is -0.383 e. The van der Waals surface area contributed by atoms with E-state index in [1.165, 1.54) is 0 Å². The lowest BCUT2D eigenvalue weighted by molar-refractivity contribution is -0.123. The molecular weight excluding hydrogens is 374 g/mol. The molecule has 8 heteroatoms. The van der Waals surface area contributed by atoms with E-state index in [1.807, 2.05) is 25.1 Å². The molecule has 0 bridgehead atoms. The number of benzene rings is 1. The molecule has 22 heavy (non-hydrogen) atoms. The van der Waals surface area contributed by atoms with E-state index < -0.39 is 0 Å². The van der Waals surface area contributed by atoms with Crippen LogP contribution >= 0.6 is 28.3 Å². The number of carbonyl (C=O) groups excluding carboxylic acids is 2. The number of ether oxygens (including phenoxy) is 1. The molecule has 3 N–H and O–H groups in total. The van der Waals surface area contributed by atoms with Crippen molar-refractivity contribution in [1.29, 1.82) is 0 Å². The summed E-state index contributed by atoms with van der Waals surface area (Å²) in [6.45, 7) is 3.13. The van der Waals surface area contributed by atoms with Crippen molar-refractivity contribution in [1.82, 2.24) is 10.6 Å². The van der Waals surface area contributed by atoms with Crippen LogP contribution in [0.5, 0.6) is 0 Å². The van der Waals surface area contributed by atoms with Crippen molar-refractivity contribution < 1.29 is 14.3 Å². The number of carbonyl (C=O) groups is 2. The van der Waals surface area contributed by atoms with Crippen LogP contribution in [0.25, 0.3) is 0 Å². The predicted octanol–water partition coefficient (Wildman–Crippen LogP) is 1.47. The van der Waals surface area contributed by atoms with Crippen LogP contribution in [0.2, 0.25) is 0 Å². The van der Waals surface area contributed by atoms with Crippen molar-refractivity contribution in [3.8, 4) is 0 Å². The van der Waals surface area contributed by atoms with Gasteiger partial charge in [0, 0.05) is 23.8 Å². The maximum absolute atomic E-state index is 11.8. The van der Waals surface area contributed by atoms with Gasteiger partial charge in [-0.05, 0) is 24.6 Å². The summed E-state index contributed by atoms with van der Waals surface area (Å²) >= 11 is 3.35. The highest BCUT2D eigenvalue weighted by molar-refractivity contribution is 9.10. The van der Waals surface area contributed by atoms with Gasteiger partial charge in [0.25, 0.3) is 0 Å². The van der Waals surface area contributed by atoms with Crippen LogP contribution in [0.3, 0.4) is 0 Å². The summed E-state index contributed by atoms with van der Waals surface area (Å²) in [5, 5.41) is 8.21. The maximum Gasteiger partial charge on any atom is 0.243 e. The third-order valence-electron chi connectivity index (χ3n) is 2.69. The molecule has 0 saturated heterocycles. The lowest BCUT2D eigenvalue weighted by Crippen LogP contribution is -2.39. The standard InChI is InChI=1S/C14H20BrN3O3.ClH/c1-10-3-4-11(15)7-12(10)18-14(20)9-17-13(19)8-16-5-6-21-2;/h3-4,7,16H,5-6,8-9H2,1-2H3,(H,17,19)(H,18,20);1H. The summed E-state index contributed by atoms with van der Waals surface area (Å²) in [7, 11) is 1.59. The van der Waals surface area contributed by atoms with E-state index in [2.05, 4.69) is 31.9 Å². The van der Waals surface area contributed by atoms with Gasteiger partial charge in [-0.2, -0.15) is 0 Å². The largest absolute Gasteiger partial charge is 0.383 e. The van der Waals surface area contributed by atoms with Crippen LogP contribution in [0.4, 0.5) is 5.69 Å². The smallest absolute Gasteiger partial charge is 0.243 e. The Morgan fingerprint density at radius 2 is 1.95 bits per heavy atom. The van der Waals surface area contributed by atoms with Gasteiger partial charge in [-0.15, -0.1) is 12.4 Å². The Morgan fingerprint density at radius 3 is 2.64 bits per heavy atom. The number of methoxy groups -OCH3 is 1. The van der Waals surface area contributed by atoms with Crippen LogP contribution in [0, 0.1) is 6.92 Å². The molecule has 1 rings (SSSR count). The van der Waals surface area contributed by atoms with E-state index in [9.17, 15) is 9.59 Å². The van der Waals surface area contributed by atoms with E-state index in [4.69, 9.17) is 4.74 Å². The van der Waals surface area contributed by atoms with Crippen molar-refractivity contribution >= 4 is 45.8 Å². The molecule has 6 nitrogen and oxygen atoms in total. The first-order chi connectivity index (χ1) is 10.0. The Morgan fingerprint density at radius 1 is 1.23 bits per heavy atom. The second kappa shape index (κ2) is 11.4. The summed E-state index contributed by atoms with van der Waals surface area (Å²) in [5.41, 5.74) is 1.68. The normalized spacial score (nSPS) is 9.77. The summed E-state index contributed by atoms with van der Waals surface area (Å²) < 4.78 is 5.73. The molecule has 0 fully saturated rings. The van der Waals surface area contributed by atoms with Crippen LogP contribution in [0.15, 0.2) is 22.7 Å². The van der Waals surface area contributed by atoms with Gasteiger partial charge in [0.15, 0.2) is 0 Å². The Labute approximate surface area is 144 Å². The molecule has 2 amide bonds. The summed E-state index contributed by atoms with van der Waals surface area (Å²) in [4.78, 5) is 23.3. The van der Waals surface area contributed by atoms with Crippen molar-refractivity contribution in [2.45, 2.75) is 6.92 Å². The predicted molar refractivity (Wildman–Crippen MR) is 92.5 cm³/mol. The molecule has 0 unspecified atom stereocenters. The molecule has 0 aliphatic heterocycles. The fraction of sp³-hybridized carbons (Fsp3) is 0.429. The molecule has 0 aromatic heterocycles. The monoisotopic (exact) mass is 393 g/mol. The average molecular weight is 395 g/mol. The second-order valence-corrected chi connectivity index (χ2v) is 5.37. The summed E-state index contributed by atoms with van der Waals surface area (Å²) in [6.07, 6.45) is 0. The van der Waals surface area contributed by atoms with Gasteiger partial charge in [-0.1, -0.05) is 22.0 Å². The zero-order chi connectivity index (χ0) is 15.7. The zero-order valence-electron chi connectivity index (χ0n) is 12.6. The first kappa shape index (κ1) is 20.9. The molecule has 124 valence electrons. The fourth-order valence-electron chi connectivity index (χ4n) is 1.54. The van der Waals surface area contributed by atoms with Gasteiger partial charge >= 0.3 is 0 Å². The van der Waals surface area contributed by atoms with Crippen LogP contribution < -0.4 is 16.0 Å². The van der Waals surface area contributed by atoms with Crippen LogP contribution in [-0.2, 0) is 14.3 Å². The third kappa shape index (κ3) is 8.33. The van der Waals surface area contributed by atoms with Crippen LogP contribution in [-0.4, -0.2) is 45.2 Å². The molecule has 0 aliphatic carbocycles. The van der Waals surface area contributed by atoms with Crippen molar-refractivity contribution in [2.75, 3.05) is 38.7 Å². The molecule has 0 heterocycles. The second-order valence-electron chi connectivity index (χ2n) is 4.45. The molecule has 1 aromatic carbocycles. The fourth-order valence-corrected chi connectivity index (χ4v) is 1.90. The topological polar surface area (TPSA) is 79.5 Å². The molecule has 0 spiro atoms. The maximum atomic E-state index is 11.8. The Kier molecular flexibility index (Phi) is 10.8. The van der Waals surface area contributed by atoms with E-state index in [1.54, 1.807) is 7.11 Å². The molecule has 1 aromatic rings. The number of hydrogen-bond donors (Lipinski definition) is 3. The van der Waals surface area contributed by atoms with E-state index in [-0.39, 0.29) is 37.3 Å². The third-order valence-corrected chi connectivity index (χ3v) is 3.18. The Balaban J connectivity index is 0.00000441. The van der Waals surface area contributed by atoms with Gasteiger partial charge < -0.3 is 20.7 Å². The van der Waals surface area contributed by atoms with Crippen molar-refractivity contribution in [3.63, 3.8) is 0 Å². The zero-order valence-corrected chi connectivity index (χ0v) is 15.0. The highest BCUT2D eigenvalue weighted by Gasteiger charge is 2.07. The van der Waals surface area contributed by atoms with E-state index in [0.717, 1.165) is 15.7 Å². The highest BCUT2D eigenvalue weighted by atomic mass is 79.9. The number of amides is 2. The molecular formula is C14H21BrClN3O3. The minimum absolute atomic E-state index is 0. The summed E-state index contributed by atoms with van der Waals surface area (Å²) in [6, 6.07) is 5.62. The Hall–Kier alpha value is -1.15. The number of aryl methyl sites for hydroxylation is 1. The first-order valence-corrected chi connectivity index (χ1v) is 7.34. The van der Waals surface area contributed by atoms with Gasteiger partial charge in [-0.3, -0.25) is 9.59 Å². The van der Waals surface area contributed by atoms with Crippen LogP contribution in [0.1, 0.15) is 5.56 Å². The highest BCUT2D eigenvalue weighted by Crippen LogP contribution is 2.20. The quantitative estimate of drug-likeness (QED) is 0.583. The lowest BCUT2D eigenvalue weighted by atomic mass is 10.2. The molecule has 0 radical (unpaired) electrons.